The van der Waals surface area contributed by atoms with Crippen LogP contribution >= 0.6 is 15.9 Å². The summed E-state index contributed by atoms with van der Waals surface area (Å²) in [7, 11) is 0. The molecule has 0 atom stereocenters. The van der Waals surface area contributed by atoms with E-state index in [1.807, 2.05) is 0 Å². The first kappa shape index (κ1) is 9.22. The second-order valence-electron chi connectivity index (χ2n) is 3.70. The summed E-state index contributed by atoms with van der Waals surface area (Å²) in [6.07, 6.45) is 2.85. The molecule has 1 fully saturated rings. The molecule has 1 saturated carbocycles. The number of rotatable bonds is 4. The predicted molar refractivity (Wildman–Crippen MR) is 58.6 cm³/mol. The van der Waals surface area contributed by atoms with Crippen molar-refractivity contribution in [1.29, 1.82) is 0 Å². The van der Waals surface area contributed by atoms with Crippen LogP contribution < -0.4 is 5.32 Å². The molecule has 0 radical (unpaired) electrons. The lowest BCUT2D eigenvalue weighted by Gasteiger charge is -2.03. The van der Waals surface area contributed by atoms with Gasteiger partial charge in [0.2, 0.25) is 0 Å². The summed E-state index contributed by atoms with van der Waals surface area (Å²) in [4.78, 5) is 0. The summed E-state index contributed by atoms with van der Waals surface area (Å²) in [5.41, 5.74) is 1.36. The molecular formula is C11H14BrN. The summed E-state index contributed by atoms with van der Waals surface area (Å²) >= 11 is 3.43. The van der Waals surface area contributed by atoms with Gasteiger partial charge in [-0.25, -0.2) is 0 Å². The Labute approximate surface area is 87.7 Å². The van der Waals surface area contributed by atoms with Crippen molar-refractivity contribution in [3.8, 4) is 0 Å². The van der Waals surface area contributed by atoms with Crippen molar-refractivity contribution in [3.63, 3.8) is 0 Å². The first-order chi connectivity index (χ1) is 6.34. The molecule has 0 aromatic heterocycles. The molecule has 2 rings (SSSR count). The van der Waals surface area contributed by atoms with Crippen molar-refractivity contribution in [2.75, 3.05) is 6.54 Å². The molecule has 0 unspecified atom stereocenters. The van der Waals surface area contributed by atoms with Crippen LogP contribution in [-0.2, 0) is 6.54 Å². The van der Waals surface area contributed by atoms with Gasteiger partial charge in [-0.3, -0.25) is 0 Å². The molecule has 0 aliphatic heterocycles. The maximum Gasteiger partial charge on any atom is 0.0205 e. The highest BCUT2D eigenvalue weighted by Gasteiger charge is 2.19. The number of benzene rings is 1. The minimum atomic E-state index is 0.968. The Kier molecular flexibility index (Phi) is 3.01. The van der Waals surface area contributed by atoms with Crippen molar-refractivity contribution in [1.82, 2.24) is 5.32 Å². The molecule has 1 aliphatic rings. The van der Waals surface area contributed by atoms with Crippen LogP contribution in [0.2, 0.25) is 0 Å². The van der Waals surface area contributed by atoms with Gasteiger partial charge >= 0.3 is 0 Å². The normalized spacial score (nSPS) is 16.1. The third-order valence-corrected chi connectivity index (χ3v) is 2.90. The van der Waals surface area contributed by atoms with Gasteiger partial charge in [0.1, 0.15) is 0 Å². The Morgan fingerprint density at radius 1 is 1.23 bits per heavy atom. The third kappa shape index (κ3) is 3.12. The monoisotopic (exact) mass is 239 g/mol. The molecule has 0 saturated heterocycles. The summed E-state index contributed by atoms with van der Waals surface area (Å²) in [6.45, 7) is 2.19. The van der Waals surface area contributed by atoms with E-state index in [9.17, 15) is 0 Å². The average Bonchev–Trinajstić information content (AvgIpc) is 2.92. The largest absolute Gasteiger partial charge is 0.312 e. The van der Waals surface area contributed by atoms with Crippen molar-refractivity contribution in [2.24, 2.45) is 5.92 Å². The number of hydrogen-bond acceptors (Lipinski definition) is 1. The highest BCUT2D eigenvalue weighted by atomic mass is 79.9. The lowest BCUT2D eigenvalue weighted by molar-refractivity contribution is 0.638. The van der Waals surface area contributed by atoms with Crippen LogP contribution in [0.15, 0.2) is 28.7 Å². The van der Waals surface area contributed by atoms with E-state index in [4.69, 9.17) is 0 Å². The van der Waals surface area contributed by atoms with E-state index in [2.05, 4.69) is 45.5 Å². The Morgan fingerprint density at radius 2 is 1.92 bits per heavy atom. The van der Waals surface area contributed by atoms with E-state index < -0.39 is 0 Å². The topological polar surface area (TPSA) is 12.0 Å². The number of nitrogens with one attached hydrogen (secondary N) is 1. The van der Waals surface area contributed by atoms with Gasteiger partial charge in [-0.15, -0.1) is 0 Å². The molecule has 1 nitrogen and oxygen atoms in total. The van der Waals surface area contributed by atoms with E-state index in [-0.39, 0.29) is 0 Å². The molecular weight excluding hydrogens is 226 g/mol. The summed E-state index contributed by atoms with van der Waals surface area (Å²) in [5.74, 6) is 0.968. The molecule has 2 heteroatoms. The molecule has 0 heterocycles. The molecule has 13 heavy (non-hydrogen) atoms. The van der Waals surface area contributed by atoms with E-state index in [1.54, 1.807) is 0 Å². The Bertz CT molecular complexity index is 264. The maximum absolute atomic E-state index is 3.47. The minimum absolute atomic E-state index is 0.968. The summed E-state index contributed by atoms with van der Waals surface area (Å²) in [6, 6.07) is 8.50. The highest BCUT2D eigenvalue weighted by Crippen LogP contribution is 2.27. The van der Waals surface area contributed by atoms with Gasteiger partial charge in [0.25, 0.3) is 0 Å². The SMILES string of the molecule is Brc1ccc(CNCC2CC2)cc1. The lowest BCUT2D eigenvalue weighted by atomic mass is 10.2. The fourth-order valence-electron chi connectivity index (χ4n) is 1.34. The van der Waals surface area contributed by atoms with Gasteiger partial charge in [0.15, 0.2) is 0 Å². The zero-order valence-electron chi connectivity index (χ0n) is 7.59. The van der Waals surface area contributed by atoms with Crippen LogP contribution in [0.5, 0.6) is 0 Å². The molecule has 1 aromatic rings. The van der Waals surface area contributed by atoms with E-state index in [0.29, 0.717) is 0 Å². The molecule has 70 valence electrons. The van der Waals surface area contributed by atoms with Crippen LogP contribution in [0.4, 0.5) is 0 Å². The van der Waals surface area contributed by atoms with E-state index in [1.165, 1.54) is 24.9 Å². The van der Waals surface area contributed by atoms with Crippen molar-refractivity contribution < 1.29 is 0 Å². The first-order valence-electron chi connectivity index (χ1n) is 4.80. The van der Waals surface area contributed by atoms with E-state index in [0.717, 1.165) is 16.9 Å². The Hall–Kier alpha value is -0.340. The van der Waals surface area contributed by atoms with Crippen LogP contribution in [-0.4, -0.2) is 6.54 Å². The van der Waals surface area contributed by atoms with Crippen LogP contribution in [0, 0.1) is 5.92 Å². The zero-order chi connectivity index (χ0) is 9.10. The van der Waals surface area contributed by atoms with Crippen molar-refractivity contribution >= 4 is 15.9 Å². The van der Waals surface area contributed by atoms with Gasteiger partial charge in [-0.05, 0) is 43.0 Å². The fourth-order valence-corrected chi connectivity index (χ4v) is 1.61. The number of hydrogen-bond donors (Lipinski definition) is 1. The zero-order valence-corrected chi connectivity index (χ0v) is 9.18. The number of halogens is 1. The van der Waals surface area contributed by atoms with Gasteiger partial charge in [0, 0.05) is 11.0 Å². The van der Waals surface area contributed by atoms with Gasteiger partial charge < -0.3 is 5.32 Å². The molecule has 1 aromatic carbocycles. The average molecular weight is 240 g/mol. The Morgan fingerprint density at radius 3 is 2.54 bits per heavy atom. The van der Waals surface area contributed by atoms with Gasteiger partial charge in [0.05, 0.1) is 0 Å². The third-order valence-electron chi connectivity index (χ3n) is 2.37. The van der Waals surface area contributed by atoms with E-state index >= 15 is 0 Å². The second-order valence-corrected chi connectivity index (χ2v) is 4.62. The quantitative estimate of drug-likeness (QED) is 0.853. The standard InChI is InChI=1S/C11H14BrN/c12-11-5-3-10(4-6-11)8-13-7-9-1-2-9/h3-6,9,13H,1-2,7-8H2. The minimum Gasteiger partial charge on any atom is -0.312 e. The Balaban J connectivity index is 1.76. The first-order valence-corrected chi connectivity index (χ1v) is 5.59. The summed E-state index contributed by atoms with van der Waals surface area (Å²) in [5, 5.41) is 3.47. The van der Waals surface area contributed by atoms with Gasteiger partial charge in [-0.1, -0.05) is 28.1 Å². The molecule has 1 aliphatic carbocycles. The molecule has 0 bridgehead atoms. The van der Waals surface area contributed by atoms with Crippen LogP contribution in [0.25, 0.3) is 0 Å². The molecule has 1 N–H and O–H groups in total. The van der Waals surface area contributed by atoms with Gasteiger partial charge in [-0.2, -0.15) is 0 Å². The smallest absolute Gasteiger partial charge is 0.0205 e. The van der Waals surface area contributed by atoms with Crippen molar-refractivity contribution in [2.45, 2.75) is 19.4 Å². The summed E-state index contributed by atoms with van der Waals surface area (Å²) < 4.78 is 1.15. The highest BCUT2D eigenvalue weighted by molar-refractivity contribution is 9.10. The predicted octanol–water partition coefficient (Wildman–Crippen LogP) is 2.95. The fraction of sp³-hybridized carbons (Fsp3) is 0.455. The maximum atomic E-state index is 3.47. The second kappa shape index (κ2) is 4.25. The molecule has 0 amide bonds. The van der Waals surface area contributed by atoms with Crippen LogP contribution in [0.1, 0.15) is 18.4 Å². The van der Waals surface area contributed by atoms with Crippen molar-refractivity contribution in [3.05, 3.63) is 34.3 Å². The lowest BCUT2D eigenvalue weighted by Crippen LogP contribution is -2.15. The molecule has 0 spiro atoms. The van der Waals surface area contributed by atoms with Crippen LogP contribution in [0.3, 0.4) is 0 Å².